The Kier molecular flexibility index (Phi) is 6.96. The van der Waals surface area contributed by atoms with Crippen LogP contribution in [0.5, 0.6) is 0 Å². The normalized spacial score (nSPS) is 13.0. The molecule has 4 heteroatoms. The second kappa shape index (κ2) is 8.47. The average Bonchev–Trinajstić information content (AvgIpc) is 2.42. The van der Waals surface area contributed by atoms with E-state index < -0.39 is 0 Å². The van der Waals surface area contributed by atoms with Crippen molar-refractivity contribution in [3.63, 3.8) is 0 Å². The highest BCUT2D eigenvalue weighted by molar-refractivity contribution is 5.91. The van der Waals surface area contributed by atoms with Crippen LogP contribution in [0.3, 0.4) is 0 Å². The smallest absolute Gasteiger partial charge is 0.244 e. The number of anilines is 1. The van der Waals surface area contributed by atoms with E-state index in [0.717, 1.165) is 17.7 Å². The summed E-state index contributed by atoms with van der Waals surface area (Å²) in [4.78, 5) is 14.0. The van der Waals surface area contributed by atoms with Gasteiger partial charge in [-0.05, 0) is 50.2 Å². The standard InChI is InChI=1S/C17H27N3O/c1-13(2)11-16(20(3)4)12-19-17(21)10-7-14-5-8-15(18)9-6-14/h5-10,13,16H,11-12,18H2,1-4H3,(H,19,21)/b10-7+. The van der Waals surface area contributed by atoms with Gasteiger partial charge in [0.05, 0.1) is 0 Å². The van der Waals surface area contributed by atoms with Gasteiger partial charge >= 0.3 is 0 Å². The molecule has 3 N–H and O–H groups in total. The summed E-state index contributed by atoms with van der Waals surface area (Å²) >= 11 is 0. The van der Waals surface area contributed by atoms with E-state index >= 15 is 0 Å². The average molecular weight is 289 g/mol. The Morgan fingerprint density at radius 3 is 2.43 bits per heavy atom. The molecule has 1 atom stereocenters. The lowest BCUT2D eigenvalue weighted by molar-refractivity contribution is -0.116. The molecule has 21 heavy (non-hydrogen) atoms. The second-order valence-electron chi connectivity index (χ2n) is 5.99. The van der Waals surface area contributed by atoms with Crippen molar-refractivity contribution in [3.05, 3.63) is 35.9 Å². The van der Waals surface area contributed by atoms with E-state index in [2.05, 4.69) is 24.1 Å². The number of hydrogen-bond donors (Lipinski definition) is 2. The van der Waals surface area contributed by atoms with Crippen LogP contribution in [0.2, 0.25) is 0 Å². The highest BCUT2D eigenvalue weighted by Crippen LogP contribution is 2.09. The van der Waals surface area contributed by atoms with Crippen molar-refractivity contribution in [1.29, 1.82) is 0 Å². The lowest BCUT2D eigenvalue weighted by atomic mass is 10.0. The van der Waals surface area contributed by atoms with Crippen LogP contribution in [0.4, 0.5) is 5.69 Å². The van der Waals surface area contributed by atoms with Crippen molar-refractivity contribution in [2.45, 2.75) is 26.3 Å². The third-order valence-electron chi connectivity index (χ3n) is 3.35. The largest absolute Gasteiger partial charge is 0.399 e. The van der Waals surface area contributed by atoms with Crippen LogP contribution in [-0.4, -0.2) is 37.5 Å². The SMILES string of the molecule is CC(C)CC(CNC(=O)/C=C/c1ccc(N)cc1)N(C)C. The summed E-state index contributed by atoms with van der Waals surface area (Å²) < 4.78 is 0. The first-order valence-electron chi connectivity index (χ1n) is 7.36. The Hall–Kier alpha value is -1.81. The van der Waals surface area contributed by atoms with Crippen molar-refractivity contribution in [2.75, 3.05) is 26.4 Å². The van der Waals surface area contributed by atoms with Crippen molar-refractivity contribution < 1.29 is 4.79 Å². The molecule has 1 aromatic carbocycles. The number of likely N-dealkylation sites (N-methyl/N-ethyl adjacent to an activating group) is 1. The monoisotopic (exact) mass is 289 g/mol. The number of hydrogen-bond acceptors (Lipinski definition) is 3. The number of amides is 1. The zero-order valence-corrected chi connectivity index (χ0v) is 13.5. The summed E-state index contributed by atoms with van der Waals surface area (Å²) in [5.74, 6) is 0.544. The maximum absolute atomic E-state index is 11.9. The molecule has 0 fully saturated rings. The molecule has 0 aliphatic rings. The summed E-state index contributed by atoms with van der Waals surface area (Å²) in [6.45, 7) is 5.05. The van der Waals surface area contributed by atoms with Crippen LogP contribution >= 0.6 is 0 Å². The molecular formula is C17H27N3O. The molecule has 0 saturated heterocycles. The van der Waals surface area contributed by atoms with Crippen LogP contribution in [0.1, 0.15) is 25.8 Å². The lowest BCUT2D eigenvalue weighted by Crippen LogP contribution is -2.40. The highest BCUT2D eigenvalue weighted by Gasteiger charge is 2.13. The summed E-state index contributed by atoms with van der Waals surface area (Å²) in [6, 6.07) is 7.78. The Morgan fingerprint density at radius 2 is 1.90 bits per heavy atom. The minimum absolute atomic E-state index is 0.0672. The Bertz CT molecular complexity index is 463. The van der Waals surface area contributed by atoms with Crippen LogP contribution in [0, 0.1) is 5.92 Å². The second-order valence-corrected chi connectivity index (χ2v) is 5.99. The van der Waals surface area contributed by atoms with Crippen molar-refractivity contribution in [2.24, 2.45) is 5.92 Å². The molecule has 116 valence electrons. The van der Waals surface area contributed by atoms with Crippen molar-refractivity contribution in [1.82, 2.24) is 10.2 Å². The quantitative estimate of drug-likeness (QED) is 0.598. The molecule has 1 rings (SSSR count). The molecule has 0 spiro atoms. The number of carbonyl (C=O) groups excluding carboxylic acids is 1. The lowest BCUT2D eigenvalue weighted by Gasteiger charge is -2.26. The van der Waals surface area contributed by atoms with Gasteiger partial charge in [0.15, 0.2) is 0 Å². The van der Waals surface area contributed by atoms with Gasteiger partial charge in [-0.25, -0.2) is 0 Å². The molecule has 1 unspecified atom stereocenters. The third kappa shape index (κ3) is 6.95. The van der Waals surface area contributed by atoms with E-state index in [9.17, 15) is 4.79 Å². The van der Waals surface area contributed by atoms with Crippen molar-refractivity contribution in [3.8, 4) is 0 Å². The van der Waals surface area contributed by atoms with Gasteiger partial charge in [0.25, 0.3) is 0 Å². The number of nitrogens with two attached hydrogens (primary N) is 1. The van der Waals surface area contributed by atoms with Gasteiger partial charge in [-0.2, -0.15) is 0 Å². The summed E-state index contributed by atoms with van der Waals surface area (Å²) in [5.41, 5.74) is 7.31. The van der Waals surface area contributed by atoms with E-state index in [1.807, 2.05) is 38.4 Å². The van der Waals surface area contributed by atoms with Crippen LogP contribution in [0.25, 0.3) is 6.08 Å². The molecule has 1 amide bonds. The van der Waals surface area contributed by atoms with Crippen LogP contribution in [-0.2, 0) is 4.79 Å². The van der Waals surface area contributed by atoms with E-state index in [1.54, 1.807) is 12.2 Å². The predicted molar refractivity (Wildman–Crippen MR) is 89.8 cm³/mol. The van der Waals surface area contributed by atoms with Gasteiger partial charge in [-0.1, -0.05) is 26.0 Å². The number of nitrogens with one attached hydrogen (secondary N) is 1. The fourth-order valence-electron chi connectivity index (χ4n) is 2.08. The Balaban J connectivity index is 2.47. The van der Waals surface area contributed by atoms with Gasteiger partial charge in [0.2, 0.25) is 5.91 Å². The number of benzene rings is 1. The predicted octanol–water partition coefficient (Wildman–Crippen LogP) is 2.37. The zero-order chi connectivity index (χ0) is 15.8. The van der Waals surface area contributed by atoms with Crippen LogP contribution in [0.15, 0.2) is 30.3 Å². The molecule has 0 bridgehead atoms. The molecule has 0 aliphatic heterocycles. The minimum Gasteiger partial charge on any atom is -0.399 e. The molecule has 0 aliphatic carbocycles. The topological polar surface area (TPSA) is 58.4 Å². The summed E-state index contributed by atoms with van der Waals surface area (Å²) in [5, 5.41) is 2.96. The van der Waals surface area contributed by atoms with E-state index in [-0.39, 0.29) is 5.91 Å². The highest BCUT2D eigenvalue weighted by atomic mass is 16.1. The van der Waals surface area contributed by atoms with E-state index in [4.69, 9.17) is 5.73 Å². The first-order valence-corrected chi connectivity index (χ1v) is 7.36. The van der Waals surface area contributed by atoms with E-state index in [1.165, 1.54) is 0 Å². The Morgan fingerprint density at radius 1 is 1.29 bits per heavy atom. The number of nitrogen functional groups attached to an aromatic ring is 1. The molecule has 4 nitrogen and oxygen atoms in total. The maximum atomic E-state index is 11.9. The van der Waals surface area contributed by atoms with Crippen molar-refractivity contribution >= 4 is 17.7 Å². The number of nitrogens with zero attached hydrogens (tertiary/aromatic N) is 1. The maximum Gasteiger partial charge on any atom is 0.244 e. The molecular weight excluding hydrogens is 262 g/mol. The Labute approximate surface area is 128 Å². The van der Waals surface area contributed by atoms with Gasteiger partial charge in [-0.15, -0.1) is 0 Å². The van der Waals surface area contributed by atoms with Gasteiger partial charge in [-0.3, -0.25) is 4.79 Å². The van der Waals surface area contributed by atoms with Gasteiger partial charge in [0, 0.05) is 24.4 Å². The first kappa shape index (κ1) is 17.2. The first-order chi connectivity index (χ1) is 9.88. The van der Waals surface area contributed by atoms with Gasteiger partial charge < -0.3 is 16.0 Å². The third-order valence-corrected chi connectivity index (χ3v) is 3.35. The molecule has 0 saturated carbocycles. The molecule has 0 aromatic heterocycles. The zero-order valence-electron chi connectivity index (χ0n) is 13.5. The molecule has 0 heterocycles. The fraction of sp³-hybridized carbons (Fsp3) is 0.471. The minimum atomic E-state index is -0.0672. The summed E-state index contributed by atoms with van der Waals surface area (Å²) in [7, 11) is 4.09. The van der Waals surface area contributed by atoms with E-state index in [0.29, 0.717) is 18.5 Å². The van der Waals surface area contributed by atoms with Gasteiger partial charge in [0.1, 0.15) is 0 Å². The number of carbonyl (C=O) groups is 1. The van der Waals surface area contributed by atoms with Crippen LogP contribution < -0.4 is 11.1 Å². The number of rotatable bonds is 7. The fourth-order valence-corrected chi connectivity index (χ4v) is 2.08. The molecule has 1 aromatic rings. The molecule has 0 radical (unpaired) electrons. The summed E-state index contributed by atoms with van der Waals surface area (Å²) in [6.07, 6.45) is 4.42.